The standard InChI is InChI=1S/C20H21N3O6/c1-12(2)21-9-7-13(8-10-21)19-20-15-4-3-14(23(26)27)11-16(15)22(19)29-18(25)6-5-17(24)28-20/h3-6,11-13H,7-10H2,1-2H3. The van der Waals surface area contributed by atoms with Crippen molar-refractivity contribution in [1.29, 1.82) is 0 Å². The molecule has 152 valence electrons. The molecule has 4 rings (SSSR count). The Balaban J connectivity index is 2.03. The number of non-ortho nitro benzene ring substituents is 1. The van der Waals surface area contributed by atoms with Gasteiger partial charge in [0.1, 0.15) is 5.69 Å². The van der Waals surface area contributed by atoms with Crippen LogP contribution in [0.15, 0.2) is 48.9 Å². The summed E-state index contributed by atoms with van der Waals surface area (Å²) in [6.45, 7) is 5.98. The summed E-state index contributed by atoms with van der Waals surface area (Å²) in [5.74, 6) is -0.0230. The predicted octanol–water partition coefficient (Wildman–Crippen LogP) is 3.06. The van der Waals surface area contributed by atoms with Crippen molar-refractivity contribution in [1.82, 2.24) is 9.47 Å². The van der Waals surface area contributed by atoms with E-state index >= 15 is 0 Å². The van der Waals surface area contributed by atoms with E-state index in [-0.39, 0.29) is 11.6 Å². The number of likely N-dealkylation sites (tertiary alicyclic amines) is 1. The van der Waals surface area contributed by atoms with Crippen molar-refractivity contribution < 1.29 is 13.9 Å². The molecule has 1 aromatic carbocycles. The van der Waals surface area contributed by atoms with Gasteiger partial charge in [0.15, 0.2) is 5.58 Å². The molecule has 2 aromatic heterocycles. The number of nitro groups is 1. The lowest BCUT2D eigenvalue weighted by Gasteiger charge is -2.34. The van der Waals surface area contributed by atoms with Gasteiger partial charge in [0.25, 0.3) is 5.69 Å². The Morgan fingerprint density at radius 1 is 1.10 bits per heavy atom. The molecule has 0 saturated carbocycles. The Morgan fingerprint density at radius 2 is 1.79 bits per heavy atom. The fraction of sp³-hybridized carbons (Fsp3) is 0.400. The number of hydrogen-bond acceptors (Lipinski definition) is 7. The minimum Gasteiger partial charge on any atom is -0.421 e. The first-order chi connectivity index (χ1) is 13.8. The molecule has 0 atom stereocenters. The summed E-state index contributed by atoms with van der Waals surface area (Å²) in [4.78, 5) is 37.5. The van der Waals surface area contributed by atoms with E-state index in [0.717, 1.165) is 38.1 Å². The number of nitro benzene ring substituents is 1. The molecule has 0 radical (unpaired) electrons. The lowest BCUT2D eigenvalue weighted by molar-refractivity contribution is -0.384. The maximum Gasteiger partial charge on any atom is 0.356 e. The summed E-state index contributed by atoms with van der Waals surface area (Å²) in [6.07, 6.45) is 1.57. The molecule has 2 bridgehead atoms. The maximum absolute atomic E-state index is 12.2. The second-order valence-electron chi connectivity index (χ2n) is 7.54. The summed E-state index contributed by atoms with van der Waals surface area (Å²) < 4.78 is 12.4. The smallest absolute Gasteiger partial charge is 0.356 e. The van der Waals surface area contributed by atoms with Gasteiger partial charge in [-0.1, -0.05) is 0 Å². The van der Waals surface area contributed by atoms with E-state index in [4.69, 9.17) is 8.94 Å². The number of hydrogen-bond donors (Lipinski definition) is 0. The molecule has 9 nitrogen and oxygen atoms in total. The molecule has 1 aliphatic rings. The first-order valence-electron chi connectivity index (χ1n) is 9.54. The van der Waals surface area contributed by atoms with Crippen LogP contribution in [0, 0.1) is 10.1 Å². The molecule has 1 saturated heterocycles. The van der Waals surface area contributed by atoms with Crippen molar-refractivity contribution in [3.05, 3.63) is 67.0 Å². The molecule has 1 fully saturated rings. The number of piperidine rings is 1. The Labute approximate surface area is 164 Å². The van der Waals surface area contributed by atoms with Gasteiger partial charge in [-0.15, -0.1) is 0 Å². The van der Waals surface area contributed by atoms with Crippen molar-refractivity contribution in [2.75, 3.05) is 13.1 Å². The minimum absolute atomic E-state index is 0.0230. The molecule has 0 unspecified atom stereocenters. The van der Waals surface area contributed by atoms with Crippen LogP contribution in [0.4, 0.5) is 5.69 Å². The third-order valence-electron chi connectivity index (χ3n) is 5.49. The zero-order chi connectivity index (χ0) is 20.7. The van der Waals surface area contributed by atoms with E-state index in [1.54, 1.807) is 0 Å². The van der Waals surface area contributed by atoms with Crippen molar-refractivity contribution in [2.24, 2.45) is 0 Å². The van der Waals surface area contributed by atoms with Crippen LogP contribution >= 0.6 is 0 Å². The molecule has 3 aromatic rings. The van der Waals surface area contributed by atoms with E-state index in [0.29, 0.717) is 28.2 Å². The second-order valence-corrected chi connectivity index (χ2v) is 7.54. The predicted molar refractivity (Wildman–Crippen MR) is 106 cm³/mol. The number of benzene rings is 1. The highest BCUT2D eigenvalue weighted by Crippen LogP contribution is 2.37. The number of nitrogens with zero attached hydrogens (tertiary/aromatic N) is 3. The zero-order valence-electron chi connectivity index (χ0n) is 16.2. The Morgan fingerprint density at radius 3 is 2.45 bits per heavy atom. The van der Waals surface area contributed by atoms with Crippen LogP contribution in [-0.4, -0.2) is 33.5 Å². The molecular formula is C20H21N3O6. The first-order valence-corrected chi connectivity index (χ1v) is 9.54. The van der Waals surface area contributed by atoms with E-state index in [1.807, 2.05) is 0 Å². The average molecular weight is 399 g/mol. The molecule has 3 heterocycles. The van der Waals surface area contributed by atoms with Crippen LogP contribution in [0.5, 0.6) is 0 Å². The monoisotopic (exact) mass is 399 g/mol. The summed E-state index contributed by atoms with van der Waals surface area (Å²) >= 11 is 0. The molecule has 0 aliphatic carbocycles. The highest BCUT2D eigenvalue weighted by atomic mass is 16.6. The van der Waals surface area contributed by atoms with Gasteiger partial charge in [0, 0.05) is 41.6 Å². The van der Waals surface area contributed by atoms with Crippen molar-refractivity contribution in [3.63, 3.8) is 0 Å². The van der Waals surface area contributed by atoms with Gasteiger partial charge in [0.05, 0.1) is 10.4 Å². The van der Waals surface area contributed by atoms with Crippen LogP contribution in [0.2, 0.25) is 0 Å². The van der Waals surface area contributed by atoms with Gasteiger partial charge in [-0.05, 0) is 45.8 Å². The summed E-state index contributed by atoms with van der Waals surface area (Å²) in [7, 11) is 0. The van der Waals surface area contributed by atoms with Gasteiger partial charge < -0.3 is 13.8 Å². The molecule has 0 N–H and O–H groups in total. The summed E-state index contributed by atoms with van der Waals surface area (Å²) in [6, 6.07) is 6.63. The van der Waals surface area contributed by atoms with Gasteiger partial charge in [-0.25, -0.2) is 9.59 Å². The lowest BCUT2D eigenvalue weighted by atomic mass is 9.92. The second kappa shape index (κ2) is 7.32. The Bertz CT molecular complexity index is 1230. The van der Waals surface area contributed by atoms with E-state index in [1.165, 1.54) is 22.8 Å². The maximum atomic E-state index is 12.2. The largest absolute Gasteiger partial charge is 0.421 e. The SMILES string of the molecule is CC(C)N1CCC(c2c3oc(=O)ccc(=O)on2c2cc([N+](=O)[O-])ccc32)CC1. The van der Waals surface area contributed by atoms with Crippen molar-refractivity contribution in [3.8, 4) is 0 Å². The topological polar surface area (TPSA) is 111 Å². The number of rotatable bonds is 3. The van der Waals surface area contributed by atoms with E-state index in [9.17, 15) is 19.7 Å². The van der Waals surface area contributed by atoms with Crippen LogP contribution in [0.1, 0.15) is 38.3 Å². The molecule has 1 aliphatic heterocycles. The third-order valence-corrected chi connectivity index (χ3v) is 5.49. The van der Waals surface area contributed by atoms with Crippen LogP contribution in [0.25, 0.3) is 16.5 Å². The molecule has 29 heavy (non-hydrogen) atoms. The Hall–Kier alpha value is -3.20. The summed E-state index contributed by atoms with van der Waals surface area (Å²) in [5, 5.41) is 11.7. The van der Waals surface area contributed by atoms with Crippen LogP contribution in [-0.2, 0) is 0 Å². The van der Waals surface area contributed by atoms with Gasteiger partial charge in [0.2, 0.25) is 0 Å². The normalized spacial score (nSPS) is 16.0. The van der Waals surface area contributed by atoms with Gasteiger partial charge in [-0.3, -0.25) is 10.1 Å². The lowest BCUT2D eigenvalue weighted by Crippen LogP contribution is -2.38. The van der Waals surface area contributed by atoms with Crippen molar-refractivity contribution in [2.45, 2.75) is 38.6 Å². The van der Waals surface area contributed by atoms with E-state index < -0.39 is 16.2 Å². The fourth-order valence-corrected chi connectivity index (χ4v) is 3.99. The number of fused-ring (bicyclic) bond motifs is 5. The zero-order valence-corrected chi connectivity index (χ0v) is 16.2. The van der Waals surface area contributed by atoms with E-state index in [2.05, 4.69) is 18.7 Å². The highest BCUT2D eigenvalue weighted by Gasteiger charge is 2.29. The highest BCUT2D eigenvalue weighted by molar-refractivity contribution is 5.97. The third kappa shape index (κ3) is 3.49. The van der Waals surface area contributed by atoms with Crippen LogP contribution in [0.3, 0.4) is 0 Å². The van der Waals surface area contributed by atoms with Gasteiger partial charge in [-0.2, -0.15) is 4.57 Å². The quantitative estimate of drug-likeness (QED) is 0.491. The molecule has 0 amide bonds. The van der Waals surface area contributed by atoms with Crippen LogP contribution < -0.4 is 11.3 Å². The first kappa shape index (κ1) is 19.1. The average Bonchev–Trinajstić information content (AvgIpc) is 3.01. The summed E-state index contributed by atoms with van der Waals surface area (Å²) in [5.41, 5.74) is -0.399. The van der Waals surface area contributed by atoms with Gasteiger partial charge >= 0.3 is 11.3 Å². The fourth-order valence-electron chi connectivity index (χ4n) is 3.99. The Kier molecular flexibility index (Phi) is 4.83. The molecule has 9 heteroatoms. The molecule has 0 spiro atoms. The molecular weight excluding hydrogens is 378 g/mol. The minimum atomic E-state index is -0.750. The number of aromatic nitrogens is 1. The van der Waals surface area contributed by atoms with Crippen molar-refractivity contribution >= 4 is 22.2 Å².